The van der Waals surface area contributed by atoms with Crippen LogP contribution in [0.3, 0.4) is 0 Å². The van der Waals surface area contributed by atoms with Crippen molar-refractivity contribution in [3.63, 3.8) is 0 Å². The van der Waals surface area contributed by atoms with E-state index >= 15 is 0 Å². The zero-order valence-corrected chi connectivity index (χ0v) is 13.7. The number of hydrogen-bond donors (Lipinski definition) is 1. The SMILES string of the molecule is O=C(CCCc1cccs1)Nc1ccc(OC(F)F)cc1OC(F)F. The number of hydrogen-bond acceptors (Lipinski definition) is 4. The number of rotatable bonds is 9. The molecular weight excluding hydrogens is 362 g/mol. The molecule has 0 bridgehead atoms. The van der Waals surface area contributed by atoms with E-state index in [1.807, 2.05) is 17.5 Å². The van der Waals surface area contributed by atoms with Crippen LogP contribution >= 0.6 is 11.3 Å². The lowest BCUT2D eigenvalue weighted by Crippen LogP contribution is -2.14. The lowest BCUT2D eigenvalue weighted by Gasteiger charge is -2.14. The van der Waals surface area contributed by atoms with Crippen molar-refractivity contribution in [1.82, 2.24) is 0 Å². The Hall–Kier alpha value is -2.29. The predicted octanol–water partition coefficient (Wildman–Crippen LogP) is 4.91. The van der Waals surface area contributed by atoms with E-state index in [1.54, 1.807) is 11.3 Å². The van der Waals surface area contributed by atoms with Gasteiger partial charge in [-0.05, 0) is 36.4 Å². The molecule has 4 nitrogen and oxygen atoms in total. The first-order chi connectivity index (χ1) is 11.9. The van der Waals surface area contributed by atoms with E-state index in [0.717, 1.165) is 23.4 Å². The number of anilines is 1. The third kappa shape index (κ3) is 6.61. The van der Waals surface area contributed by atoms with E-state index in [1.165, 1.54) is 6.07 Å². The van der Waals surface area contributed by atoms with Gasteiger partial charge in [0, 0.05) is 17.4 Å². The Bertz CT molecular complexity index is 680. The summed E-state index contributed by atoms with van der Waals surface area (Å²) in [5.41, 5.74) is -0.0389. The number of aryl methyl sites for hydroxylation is 1. The molecule has 0 fully saturated rings. The van der Waals surface area contributed by atoms with Gasteiger partial charge < -0.3 is 14.8 Å². The second kappa shape index (κ2) is 9.26. The van der Waals surface area contributed by atoms with Crippen molar-refractivity contribution in [3.05, 3.63) is 40.6 Å². The van der Waals surface area contributed by atoms with Crippen LogP contribution < -0.4 is 14.8 Å². The van der Waals surface area contributed by atoms with E-state index in [4.69, 9.17) is 0 Å². The van der Waals surface area contributed by atoms with Gasteiger partial charge in [-0.1, -0.05) is 6.07 Å². The number of carbonyl (C=O) groups excluding carboxylic acids is 1. The molecule has 1 aromatic carbocycles. The summed E-state index contributed by atoms with van der Waals surface area (Å²) in [7, 11) is 0. The smallest absolute Gasteiger partial charge is 0.387 e. The predicted molar refractivity (Wildman–Crippen MR) is 85.6 cm³/mol. The minimum atomic E-state index is -3.17. The van der Waals surface area contributed by atoms with E-state index in [9.17, 15) is 22.4 Å². The molecule has 0 unspecified atom stereocenters. The largest absolute Gasteiger partial charge is 0.435 e. The first-order valence-electron chi connectivity index (χ1n) is 7.30. The Morgan fingerprint density at radius 3 is 2.52 bits per heavy atom. The maximum atomic E-state index is 12.5. The summed E-state index contributed by atoms with van der Waals surface area (Å²) < 4.78 is 57.7. The van der Waals surface area contributed by atoms with Gasteiger partial charge in [0.15, 0.2) is 5.75 Å². The quantitative estimate of drug-likeness (QED) is 0.632. The summed E-state index contributed by atoms with van der Waals surface area (Å²) >= 11 is 1.58. The van der Waals surface area contributed by atoms with Crippen molar-refractivity contribution in [2.24, 2.45) is 0 Å². The van der Waals surface area contributed by atoms with Crippen LogP contribution in [0.2, 0.25) is 0 Å². The summed E-state index contributed by atoms with van der Waals surface area (Å²) in [5.74, 6) is -1.18. The van der Waals surface area contributed by atoms with Crippen LogP contribution in [0.15, 0.2) is 35.7 Å². The number of carbonyl (C=O) groups is 1. The number of benzene rings is 1. The molecule has 2 rings (SSSR count). The van der Waals surface area contributed by atoms with Gasteiger partial charge in [0.1, 0.15) is 5.75 Å². The van der Waals surface area contributed by atoms with Crippen molar-refractivity contribution in [2.75, 3.05) is 5.32 Å². The topological polar surface area (TPSA) is 47.6 Å². The molecule has 0 aliphatic rings. The molecule has 25 heavy (non-hydrogen) atoms. The zero-order valence-electron chi connectivity index (χ0n) is 12.9. The van der Waals surface area contributed by atoms with E-state index < -0.39 is 24.9 Å². The average molecular weight is 377 g/mol. The van der Waals surface area contributed by atoms with E-state index in [-0.39, 0.29) is 17.9 Å². The molecule has 2 aromatic rings. The molecule has 0 aliphatic heterocycles. The molecule has 0 spiro atoms. The number of alkyl halides is 4. The Labute approximate surface area is 145 Å². The molecule has 1 aromatic heterocycles. The van der Waals surface area contributed by atoms with Crippen LogP contribution in [0.1, 0.15) is 17.7 Å². The first kappa shape index (κ1) is 19.0. The maximum Gasteiger partial charge on any atom is 0.387 e. The number of thiophene rings is 1. The Morgan fingerprint density at radius 2 is 1.88 bits per heavy atom. The molecule has 0 saturated carbocycles. The van der Waals surface area contributed by atoms with Gasteiger partial charge in [0.25, 0.3) is 0 Å². The summed E-state index contributed by atoms with van der Waals surface area (Å²) in [6, 6.07) is 7.05. The lowest BCUT2D eigenvalue weighted by atomic mass is 10.2. The van der Waals surface area contributed by atoms with Gasteiger partial charge in [-0.2, -0.15) is 17.6 Å². The van der Waals surface area contributed by atoms with Crippen molar-refractivity contribution in [3.8, 4) is 11.5 Å². The fourth-order valence-corrected chi connectivity index (χ4v) is 2.82. The molecule has 0 saturated heterocycles. The third-order valence-electron chi connectivity index (χ3n) is 3.08. The normalized spacial score (nSPS) is 11.0. The molecule has 0 aliphatic carbocycles. The second-order valence-corrected chi connectivity index (χ2v) is 5.93. The second-order valence-electron chi connectivity index (χ2n) is 4.90. The summed E-state index contributed by atoms with van der Waals surface area (Å²) in [6.45, 7) is -6.27. The molecule has 1 heterocycles. The number of ether oxygens (including phenoxy) is 2. The fourth-order valence-electron chi connectivity index (χ4n) is 2.07. The van der Waals surface area contributed by atoms with Crippen LogP contribution in [0.25, 0.3) is 0 Å². The monoisotopic (exact) mass is 377 g/mol. The molecule has 0 atom stereocenters. The van der Waals surface area contributed by atoms with Gasteiger partial charge in [-0.15, -0.1) is 11.3 Å². The molecule has 0 radical (unpaired) electrons. The van der Waals surface area contributed by atoms with Crippen molar-refractivity contribution in [2.45, 2.75) is 32.5 Å². The van der Waals surface area contributed by atoms with Gasteiger partial charge in [0.05, 0.1) is 5.69 Å². The molecule has 1 amide bonds. The highest BCUT2D eigenvalue weighted by atomic mass is 32.1. The summed E-state index contributed by atoms with van der Waals surface area (Å²) in [4.78, 5) is 13.1. The molecule has 136 valence electrons. The highest BCUT2D eigenvalue weighted by Crippen LogP contribution is 2.31. The van der Waals surface area contributed by atoms with Crippen LogP contribution in [0.5, 0.6) is 11.5 Å². The van der Waals surface area contributed by atoms with Crippen LogP contribution in [0, 0.1) is 0 Å². The maximum absolute atomic E-state index is 12.5. The number of nitrogens with one attached hydrogen (secondary N) is 1. The Morgan fingerprint density at radius 1 is 1.12 bits per heavy atom. The molecular formula is C16H15F4NO3S. The number of amides is 1. The standard InChI is InChI=1S/C16H15F4NO3S/c17-15(18)23-10-6-7-12(13(9-10)24-16(19)20)21-14(22)5-1-3-11-4-2-8-25-11/h2,4,6-9,15-16H,1,3,5H2,(H,21,22). The summed E-state index contributed by atoms with van der Waals surface area (Å²) in [5, 5.41) is 4.38. The van der Waals surface area contributed by atoms with Crippen LogP contribution in [-0.2, 0) is 11.2 Å². The van der Waals surface area contributed by atoms with E-state index in [2.05, 4.69) is 14.8 Å². The van der Waals surface area contributed by atoms with Gasteiger partial charge in [-0.25, -0.2) is 0 Å². The zero-order chi connectivity index (χ0) is 18.2. The van der Waals surface area contributed by atoms with E-state index in [0.29, 0.717) is 6.42 Å². The molecule has 9 heteroatoms. The minimum absolute atomic E-state index is 0.0389. The highest BCUT2D eigenvalue weighted by Gasteiger charge is 2.15. The summed E-state index contributed by atoms with van der Waals surface area (Å²) in [6.07, 6.45) is 1.50. The first-order valence-corrected chi connectivity index (χ1v) is 8.18. The van der Waals surface area contributed by atoms with Gasteiger partial charge >= 0.3 is 13.2 Å². The van der Waals surface area contributed by atoms with Gasteiger partial charge in [-0.3, -0.25) is 4.79 Å². The van der Waals surface area contributed by atoms with Crippen LogP contribution in [0.4, 0.5) is 23.2 Å². The lowest BCUT2D eigenvalue weighted by molar-refractivity contribution is -0.116. The Kier molecular flexibility index (Phi) is 7.05. The third-order valence-corrected chi connectivity index (χ3v) is 4.01. The van der Waals surface area contributed by atoms with Crippen molar-refractivity contribution in [1.29, 1.82) is 0 Å². The fraction of sp³-hybridized carbons (Fsp3) is 0.312. The average Bonchev–Trinajstić information content (AvgIpc) is 3.02. The highest BCUT2D eigenvalue weighted by molar-refractivity contribution is 7.09. The number of halogens is 4. The minimum Gasteiger partial charge on any atom is -0.435 e. The van der Waals surface area contributed by atoms with Crippen molar-refractivity contribution < 1.29 is 31.8 Å². The van der Waals surface area contributed by atoms with Gasteiger partial charge in [0.2, 0.25) is 5.91 Å². The Balaban J connectivity index is 1.97. The van der Waals surface area contributed by atoms with Crippen molar-refractivity contribution >= 4 is 22.9 Å². The van der Waals surface area contributed by atoms with Crippen LogP contribution in [-0.4, -0.2) is 19.1 Å². The molecule has 1 N–H and O–H groups in total.